The summed E-state index contributed by atoms with van der Waals surface area (Å²) >= 11 is 0. The number of halogens is 1. The van der Waals surface area contributed by atoms with Crippen LogP contribution in [0.4, 0.5) is 10.2 Å². The Bertz CT molecular complexity index is 786. The van der Waals surface area contributed by atoms with E-state index in [1.165, 1.54) is 0 Å². The molecule has 0 amide bonds. The van der Waals surface area contributed by atoms with Crippen LogP contribution in [0.1, 0.15) is 24.8 Å². The molecule has 1 aromatic heterocycles. The lowest BCUT2D eigenvalue weighted by molar-refractivity contribution is 0.370. The predicted molar refractivity (Wildman–Crippen MR) is 107 cm³/mol. The quantitative estimate of drug-likeness (QED) is 0.667. The van der Waals surface area contributed by atoms with E-state index in [1.54, 1.807) is 12.1 Å². The second-order valence-electron chi connectivity index (χ2n) is 7.07. The number of nitrogens with zero attached hydrogens (tertiary/aromatic N) is 4. The smallest absolute Gasteiger partial charge is 0.194 e. The van der Waals surface area contributed by atoms with E-state index in [9.17, 15) is 4.39 Å². The highest BCUT2D eigenvalue weighted by atomic mass is 19.1. The molecule has 2 heterocycles. The Balaban J connectivity index is 1.36. The van der Waals surface area contributed by atoms with E-state index >= 15 is 0 Å². The van der Waals surface area contributed by atoms with Gasteiger partial charge in [0.2, 0.25) is 0 Å². The normalized spacial score (nSPS) is 22.7. The standard InChI is InChI=1S/C21H26FN5/c1-2-23-21(25-19-15-17(19)16-7-3-4-8-18(16)22)27-13-11-26(12-14-27)20-9-5-6-10-24-20/h3-10,17,19H,2,11-15H2,1H3,(H,23,25). The Kier molecular flexibility index (Phi) is 5.23. The van der Waals surface area contributed by atoms with Gasteiger partial charge in [0.25, 0.3) is 0 Å². The van der Waals surface area contributed by atoms with Gasteiger partial charge < -0.3 is 15.1 Å². The fourth-order valence-corrected chi connectivity index (χ4v) is 3.71. The summed E-state index contributed by atoms with van der Waals surface area (Å²) in [7, 11) is 0. The van der Waals surface area contributed by atoms with Gasteiger partial charge in [-0.15, -0.1) is 0 Å². The monoisotopic (exact) mass is 367 g/mol. The zero-order valence-corrected chi connectivity index (χ0v) is 15.7. The summed E-state index contributed by atoms with van der Waals surface area (Å²) in [4.78, 5) is 13.7. The van der Waals surface area contributed by atoms with Crippen LogP contribution in [0.25, 0.3) is 0 Å². The number of anilines is 1. The van der Waals surface area contributed by atoms with Crippen molar-refractivity contribution < 1.29 is 4.39 Å². The number of benzene rings is 1. The maximum atomic E-state index is 14.0. The molecule has 1 saturated carbocycles. The minimum Gasteiger partial charge on any atom is -0.353 e. The molecule has 6 heteroatoms. The highest BCUT2D eigenvalue weighted by Gasteiger charge is 2.41. The van der Waals surface area contributed by atoms with E-state index in [4.69, 9.17) is 0 Å². The molecule has 1 aliphatic heterocycles. The van der Waals surface area contributed by atoms with Crippen LogP contribution in [-0.2, 0) is 0 Å². The van der Waals surface area contributed by atoms with Crippen LogP contribution in [0, 0.1) is 5.82 Å². The van der Waals surface area contributed by atoms with Gasteiger partial charge in [0.15, 0.2) is 5.96 Å². The first-order chi connectivity index (χ1) is 13.3. The Morgan fingerprint density at radius 3 is 2.63 bits per heavy atom. The highest BCUT2D eigenvalue weighted by molar-refractivity contribution is 5.81. The van der Waals surface area contributed by atoms with Crippen LogP contribution in [0.2, 0.25) is 0 Å². The first kappa shape index (κ1) is 17.8. The molecular formula is C21H26FN5. The maximum absolute atomic E-state index is 14.0. The number of pyridine rings is 1. The molecule has 1 aromatic carbocycles. The Hall–Kier alpha value is -2.63. The van der Waals surface area contributed by atoms with Gasteiger partial charge in [0.1, 0.15) is 11.6 Å². The van der Waals surface area contributed by atoms with E-state index in [1.807, 2.05) is 37.4 Å². The molecule has 0 spiro atoms. The highest BCUT2D eigenvalue weighted by Crippen LogP contribution is 2.41. The SMILES string of the molecule is CCN=C(NC1CC1c1ccccc1F)N1CCN(c2ccccn2)CC1. The molecule has 2 aromatic rings. The van der Waals surface area contributed by atoms with Gasteiger partial charge in [-0.05, 0) is 37.1 Å². The summed E-state index contributed by atoms with van der Waals surface area (Å²) in [6.45, 7) is 6.43. The van der Waals surface area contributed by atoms with Crippen LogP contribution in [0.3, 0.4) is 0 Å². The van der Waals surface area contributed by atoms with Crippen molar-refractivity contribution in [1.82, 2.24) is 15.2 Å². The van der Waals surface area contributed by atoms with Gasteiger partial charge in [0.05, 0.1) is 0 Å². The minimum atomic E-state index is -0.107. The molecule has 2 fully saturated rings. The lowest BCUT2D eigenvalue weighted by Crippen LogP contribution is -2.53. The first-order valence-electron chi connectivity index (χ1n) is 9.72. The fraction of sp³-hybridized carbons (Fsp3) is 0.429. The molecule has 5 nitrogen and oxygen atoms in total. The number of nitrogens with one attached hydrogen (secondary N) is 1. The third kappa shape index (κ3) is 4.04. The summed E-state index contributed by atoms with van der Waals surface area (Å²) in [5.41, 5.74) is 0.811. The van der Waals surface area contributed by atoms with Crippen LogP contribution in [0.15, 0.2) is 53.7 Å². The third-order valence-electron chi connectivity index (χ3n) is 5.27. The molecule has 1 N–H and O–H groups in total. The van der Waals surface area contributed by atoms with Crippen molar-refractivity contribution in [3.05, 3.63) is 60.0 Å². The largest absolute Gasteiger partial charge is 0.353 e. The van der Waals surface area contributed by atoms with Crippen LogP contribution in [-0.4, -0.2) is 54.6 Å². The summed E-state index contributed by atoms with van der Waals surface area (Å²) in [6, 6.07) is 13.4. The van der Waals surface area contributed by atoms with Gasteiger partial charge in [0, 0.05) is 50.9 Å². The van der Waals surface area contributed by atoms with E-state index in [-0.39, 0.29) is 17.8 Å². The molecular weight excluding hydrogens is 341 g/mol. The van der Waals surface area contributed by atoms with Crippen molar-refractivity contribution in [2.45, 2.75) is 25.3 Å². The van der Waals surface area contributed by atoms with Gasteiger partial charge in [-0.25, -0.2) is 9.37 Å². The predicted octanol–water partition coefficient (Wildman–Crippen LogP) is 2.86. The van der Waals surface area contributed by atoms with Crippen molar-refractivity contribution in [3.63, 3.8) is 0 Å². The Morgan fingerprint density at radius 1 is 1.15 bits per heavy atom. The number of piperazine rings is 1. The summed E-state index contributed by atoms with van der Waals surface area (Å²) in [6.07, 6.45) is 2.79. The lowest BCUT2D eigenvalue weighted by atomic mass is 10.1. The number of rotatable bonds is 4. The van der Waals surface area contributed by atoms with E-state index < -0.39 is 0 Å². The van der Waals surface area contributed by atoms with E-state index in [0.29, 0.717) is 0 Å². The third-order valence-corrected chi connectivity index (χ3v) is 5.27. The van der Waals surface area contributed by atoms with Crippen molar-refractivity contribution in [1.29, 1.82) is 0 Å². The average Bonchev–Trinajstić information content (AvgIpc) is 3.48. The van der Waals surface area contributed by atoms with Gasteiger partial charge in [-0.3, -0.25) is 4.99 Å². The molecule has 1 saturated heterocycles. The van der Waals surface area contributed by atoms with Gasteiger partial charge in [-0.1, -0.05) is 24.3 Å². The fourth-order valence-electron chi connectivity index (χ4n) is 3.71. The second-order valence-corrected chi connectivity index (χ2v) is 7.07. The second kappa shape index (κ2) is 7.94. The average molecular weight is 367 g/mol. The van der Waals surface area contributed by atoms with E-state index in [2.05, 4.69) is 31.2 Å². The topological polar surface area (TPSA) is 43.8 Å². The van der Waals surface area contributed by atoms with Crippen molar-refractivity contribution in [2.24, 2.45) is 4.99 Å². The lowest BCUT2D eigenvalue weighted by Gasteiger charge is -2.37. The molecule has 4 rings (SSSR count). The Labute approximate surface area is 159 Å². The first-order valence-corrected chi connectivity index (χ1v) is 9.72. The number of aromatic nitrogens is 1. The number of aliphatic imine (C=N–C) groups is 1. The van der Waals surface area contributed by atoms with Crippen molar-refractivity contribution in [2.75, 3.05) is 37.6 Å². The molecule has 2 atom stereocenters. The summed E-state index contributed by atoms with van der Waals surface area (Å²) in [5, 5.41) is 3.57. The molecule has 27 heavy (non-hydrogen) atoms. The molecule has 2 unspecified atom stereocenters. The van der Waals surface area contributed by atoms with Gasteiger partial charge >= 0.3 is 0 Å². The molecule has 142 valence electrons. The van der Waals surface area contributed by atoms with Crippen molar-refractivity contribution >= 4 is 11.8 Å². The summed E-state index contributed by atoms with van der Waals surface area (Å²) in [5.74, 6) is 2.11. The summed E-state index contributed by atoms with van der Waals surface area (Å²) < 4.78 is 14.0. The number of hydrogen-bond donors (Lipinski definition) is 1. The van der Waals surface area contributed by atoms with Gasteiger partial charge in [-0.2, -0.15) is 0 Å². The molecule has 0 bridgehead atoms. The zero-order chi connectivity index (χ0) is 18.6. The van der Waals surface area contributed by atoms with E-state index in [0.717, 1.165) is 56.5 Å². The molecule has 0 radical (unpaired) electrons. The van der Waals surface area contributed by atoms with Crippen LogP contribution in [0.5, 0.6) is 0 Å². The minimum absolute atomic E-state index is 0.107. The van der Waals surface area contributed by atoms with Crippen molar-refractivity contribution in [3.8, 4) is 0 Å². The molecule has 2 aliphatic rings. The van der Waals surface area contributed by atoms with Crippen LogP contribution < -0.4 is 10.2 Å². The number of hydrogen-bond acceptors (Lipinski definition) is 3. The zero-order valence-electron chi connectivity index (χ0n) is 15.7. The number of guanidine groups is 1. The van der Waals surface area contributed by atoms with Crippen LogP contribution >= 0.6 is 0 Å². The molecule has 1 aliphatic carbocycles. The Morgan fingerprint density at radius 2 is 1.93 bits per heavy atom. The maximum Gasteiger partial charge on any atom is 0.194 e.